The minimum atomic E-state index is -4.68. The van der Waals surface area contributed by atoms with Gasteiger partial charge in [0.15, 0.2) is 5.69 Å². The van der Waals surface area contributed by atoms with Crippen LogP contribution in [0.3, 0.4) is 0 Å². The molecule has 1 fully saturated rings. The summed E-state index contributed by atoms with van der Waals surface area (Å²) in [5, 5.41) is 7.34. The molecule has 3 N–H and O–H groups in total. The fraction of sp³-hybridized carbons (Fsp3) is 0.400. The topological polar surface area (TPSA) is 102 Å². The zero-order chi connectivity index (χ0) is 23.3. The van der Waals surface area contributed by atoms with Crippen LogP contribution in [-0.2, 0) is 12.7 Å². The number of carbonyl (C=O) groups excluding carboxylic acids is 2. The standard InChI is InChI=1S/C20H24F3N7O2/c1-24-18(31)14-3-4-15(17(27-14)20(21,22)23)30-9-7-29(8-10-30)12-13-5-6-26-16(11-13)28-19(32)25-2/h3-6,11H,7-10,12H2,1-2H3,(H,24,31)(H2,25,26,28,32). The van der Waals surface area contributed by atoms with Gasteiger partial charge in [-0.05, 0) is 29.8 Å². The number of anilines is 2. The second-order valence-corrected chi connectivity index (χ2v) is 7.16. The Balaban J connectivity index is 1.68. The second-order valence-electron chi connectivity index (χ2n) is 7.16. The number of halogens is 3. The van der Waals surface area contributed by atoms with E-state index in [1.165, 1.54) is 26.2 Å². The predicted molar refractivity (Wildman–Crippen MR) is 112 cm³/mol. The van der Waals surface area contributed by atoms with Gasteiger partial charge in [-0.25, -0.2) is 14.8 Å². The SMILES string of the molecule is CNC(=O)Nc1cc(CN2CCN(c3ccc(C(=O)NC)nc3C(F)(F)F)CC2)ccn1. The van der Waals surface area contributed by atoms with Crippen molar-refractivity contribution in [1.82, 2.24) is 25.5 Å². The van der Waals surface area contributed by atoms with E-state index in [9.17, 15) is 22.8 Å². The number of urea groups is 1. The van der Waals surface area contributed by atoms with Crippen LogP contribution in [0.5, 0.6) is 0 Å². The number of aromatic nitrogens is 2. The lowest BCUT2D eigenvalue weighted by molar-refractivity contribution is -0.140. The highest BCUT2D eigenvalue weighted by atomic mass is 19.4. The maximum absolute atomic E-state index is 13.6. The molecule has 172 valence electrons. The van der Waals surface area contributed by atoms with E-state index in [0.717, 1.165) is 5.56 Å². The number of nitrogens with zero attached hydrogens (tertiary/aromatic N) is 4. The normalized spacial score (nSPS) is 14.7. The average molecular weight is 451 g/mol. The van der Waals surface area contributed by atoms with Gasteiger partial charge in [0.05, 0.1) is 5.69 Å². The van der Waals surface area contributed by atoms with Crippen LogP contribution in [0, 0.1) is 0 Å². The quantitative estimate of drug-likeness (QED) is 0.642. The first kappa shape index (κ1) is 23.3. The van der Waals surface area contributed by atoms with Crippen LogP contribution < -0.4 is 20.9 Å². The first-order valence-corrected chi connectivity index (χ1v) is 9.92. The Bertz CT molecular complexity index is 976. The average Bonchev–Trinajstić information content (AvgIpc) is 2.78. The van der Waals surface area contributed by atoms with Crippen LogP contribution >= 0.6 is 0 Å². The van der Waals surface area contributed by atoms with Crippen molar-refractivity contribution in [3.8, 4) is 0 Å². The lowest BCUT2D eigenvalue weighted by Crippen LogP contribution is -2.46. The van der Waals surface area contributed by atoms with Crippen molar-refractivity contribution in [2.45, 2.75) is 12.7 Å². The van der Waals surface area contributed by atoms with Gasteiger partial charge >= 0.3 is 12.2 Å². The molecule has 0 unspecified atom stereocenters. The van der Waals surface area contributed by atoms with Crippen molar-refractivity contribution in [1.29, 1.82) is 0 Å². The Hall–Kier alpha value is -3.41. The number of carbonyl (C=O) groups is 2. The lowest BCUT2D eigenvalue weighted by atomic mass is 10.1. The van der Waals surface area contributed by atoms with E-state index in [4.69, 9.17) is 0 Å². The molecule has 0 bridgehead atoms. The number of amides is 3. The number of hydrogen-bond donors (Lipinski definition) is 3. The summed E-state index contributed by atoms with van der Waals surface area (Å²) < 4.78 is 40.8. The van der Waals surface area contributed by atoms with E-state index in [1.807, 2.05) is 6.07 Å². The molecule has 1 saturated heterocycles. The van der Waals surface area contributed by atoms with E-state index in [0.29, 0.717) is 38.5 Å². The molecule has 2 aromatic rings. The molecule has 3 heterocycles. The van der Waals surface area contributed by atoms with Gasteiger partial charge in [0.1, 0.15) is 11.5 Å². The summed E-state index contributed by atoms with van der Waals surface area (Å²) in [5.74, 6) is -0.257. The van der Waals surface area contributed by atoms with Gasteiger partial charge in [0, 0.05) is 53.0 Å². The van der Waals surface area contributed by atoms with Gasteiger partial charge in [0.25, 0.3) is 5.91 Å². The van der Waals surface area contributed by atoms with Crippen LogP contribution in [0.25, 0.3) is 0 Å². The first-order valence-electron chi connectivity index (χ1n) is 9.92. The van der Waals surface area contributed by atoms with Crippen LogP contribution in [0.15, 0.2) is 30.5 Å². The summed E-state index contributed by atoms with van der Waals surface area (Å²) in [6, 6.07) is 5.80. The molecule has 0 atom stereocenters. The minimum absolute atomic E-state index is 0.0363. The van der Waals surface area contributed by atoms with Gasteiger partial charge < -0.3 is 15.5 Å². The number of hydrogen-bond acceptors (Lipinski definition) is 6. The van der Waals surface area contributed by atoms with Gasteiger partial charge in [-0.2, -0.15) is 13.2 Å². The highest BCUT2D eigenvalue weighted by Gasteiger charge is 2.38. The van der Waals surface area contributed by atoms with E-state index < -0.39 is 17.8 Å². The van der Waals surface area contributed by atoms with Crippen molar-refractivity contribution in [2.75, 3.05) is 50.5 Å². The van der Waals surface area contributed by atoms with Gasteiger partial charge in [-0.1, -0.05) is 0 Å². The number of nitrogens with one attached hydrogen (secondary N) is 3. The number of piperazine rings is 1. The Kier molecular flexibility index (Phi) is 7.13. The van der Waals surface area contributed by atoms with E-state index in [1.54, 1.807) is 17.2 Å². The van der Waals surface area contributed by atoms with Gasteiger partial charge in [-0.15, -0.1) is 0 Å². The van der Waals surface area contributed by atoms with Crippen LogP contribution in [-0.4, -0.2) is 67.1 Å². The molecule has 0 radical (unpaired) electrons. The molecule has 12 heteroatoms. The molecular formula is C20H24F3N7O2. The summed E-state index contributed by atoms with van der Waals surface area (Å²) in [6.45, 7) is 2.39. The Morgan fingerprint density at radius 2 is 1.78 bits per heavy atom. The Morgan fingerprint density at radius 3 is 2.41 bits per heavy atom. The summed E-state index contributed by atoms with van der Waals surface area (Å²) in [5.41, 5.74) is -0.453. The zero-order valence-corrected chi connectivity index (χ0v) is 17.7. The van der Waals surface area contributed by atoms with Crippen LogP contribution in [0.2, 0.25) is 0 Å². The van der Waals surface area contributed by atoms with E-state index in [2.05, 4.69) is 30.8 Å². The number of pyridine rings is 2. The molecule has 0 aromatic carbocycles. The van der Waals surface area contributed by atoms with E-state index in [-0.39, 0.29) is 17.4 Å². The smallest absolute Gasteiger partial charge is 0.367 e. The van der Waals surface area contributed by atoms with Crippen molar-refractivity contribution < 1.29 is 22.8 Å². The Labute approximate surface area is 183 Å². The molecule has 1 aliphatic heterocycles. The summed E-state index contributed by atoms with van der Waals surface area (Å²) in [6.07, 6.45) is -3.09. The monoisotopic (exact) mass is 451 g/mol. The molecule has 2 aromatic heterocycles. The van der Waals surface area contributed by atoms with Crippen LogP contribution in [0.1, 0.15) is 21.7 Å². The maximum atomic E-state index is 13.6. The molecule has 9 nitrogen and oxygen atoms in total. The highest BCUT2D eigenvalue weighted by Crippen LogP contribution is 2.35. The molecular weight excluding hydrogens is 427 g/mol. The van der Waals surface area contributed by atoms with Gasteiger partial charge in [0.2, 0.25) is 0 Å². The molecule has 3 amide bonds. The second kappa shape index (κ2) is 9.81. The molecule has 0 saturated carbocycles. The minimum Gasteiger partial charge on any atom is -0.367 e. The largest absolute Gasteiger partial charge is 0.435 e. The fourth-order valence-corrected chi connectivity index (χ4v) is 3.40. The molecule has 0 aliphatic carbocycles. The summed E-state index contributed by atoms with van der Waals surface area (Å²) in [7, 11) is 2.84. The first-order chi connectivity index (χ1) is 15.2. The number of rotatable bonds is 5. The lowest BCUT2D eigenvalue weighted by Gasteiger charge is -2.37. The molecule has 1 aliphatic rings. The van der Waals surface area contributed by atoms with Crippen LogP contribution in [0.4, 0.5) is 29.5 Å². The fourth-order valence-electron chi connectivity index (χ4n) is 3.40. The Morgan fingerprint density at radius 1 is 1.06 bits per heavy atom. The van der Waals surface area contributed by atoms with Gasteiger partial charge in [-0.3, -0.25) is 15.0 Å². The van der Waals surface area contributed by atoms with E-state index >= 15 is 0 Å². The third kappa shape index (κ3) is 5.63. The predicted octanol–water partition coefficient (Wildman–Crippen LogP) is 1.93. The highest BCUT2D eigenvalue weighted by molar-refractivity contribution is 5.92. The summed E-state index contributed by atoms with van der Waals surface area (Å²) >= 11 is 0. The maximum Gasteiger partial charge on any atom is 0.435 e. The number of alkyl halides is 3. The van der Waals surface area contributed by atoms with Crippen molar-refractivity contribution >= 4 is 23.4 Å². The molecule has 0 spiro atoms. The summed E-state index contributed by atoms with van der Waals surface area (Å²) in [4.78, 5) is 34.6. The third-order valence-electron chi connectivity index (χ3n) is 5.01. The van der Waals surface area contributed by atoms with Crippen molar-refractivity contribution in [3.63, 3.8) is 0 Å². The molecule has 3 rings (SSSR count). The molecule has 32 heavy (non-hydrogen) atoms. The van der Waals surface area contributed by atoms with Crippen molar-refractivity contribution in [2.24, 2.45) is 0 Å². The third-order valence-corrected chi connectivity index (χ3v) is 5.01. The van der Waals surface area contributed by atoms with Crippen molar-refractivity contribution in [3.05, 3.63) is 47.4 Å². The zero-order valence-electron chi connectivity index (χ0n) is 17.7.